The molecular weight excluding hydrogens is 246 g/mol. The molecular formula is C14H19NO2S. The Morgan fingerprint density at radius 1 is 1.39 bits per heavy atom. The van der Waals surface area contributed by atoms with Crippen LogP contribution in [-0.4, -0.2) is 31.4 Å². The zero-order chi connectivity index (χ0) is 13.0. The van der Waals surface area contributed by atoms with E-state index in [-0.39, 0.29) is 6.04 Å². The van der Waals surface area contributed by atoms with Crippen molar-refractivity contribution < 1.29 is 9.84 Å². The Balaban J connectivity index is 1.98. The molecule has 3 nitrogen and oxygen atoms in total. The summed E-state index contributed by atoms with van der Waals surface area (Å²) >= 11 is 1.65. The van der Waals surface area contributed by atoms with Gasteiger partial charge in [-0.1, -0.05) is 18.2 Å². The van der Waals surface area contributed by atoms with Gasteiger partial charge in [0.15, 0.2) is 0 Å². The van der Waals surface area contributed by atoms with Crippen LogP contribution in [0.5, 0.6) is 0 Å². The van der Waals surface area contributed by atoms with Gasteiger partial charge in [0.2, 0.25) is 0 Å². The molecule has 0 aliphatic rings. The van der Waals surface area contributed by atoms with Gasteiger partial charge in [-0.3, -0.25) is 0 Å². The van der Waals surface area contributed by atoms with Crippen molar-refractivity contribution in [1.29, 1.82) is 0 Å². The first-order chi connectivity index (χ1) is 8.70. The molecule has 0 saturated heterocycles. The van der Waals surface area contributed by atoms with Crippen molar-refractivity contribution in [2.45, 2.75) is 19.1 Å². The summed E-state index contributed by atoms with van der Waals surface area (Å²) in [5, 5.41) is 14.6. The lowest BCUT2D eigenvalue weighted by atomic mass is 10.2. The summed E-state index contributed by atoms with van der Waals surface area (Å²) in [7, 11) is 1.68. The molecule has 2 atom stereocenters. The van der Waals surface area contributed by atoms with Gasteiger partial charge in [0.25, 0.3) is 0 Å². The topological polar surface area (TPSA) is 41.5 Å². The second-order valence-corrected chi connectivity index (χ2v) is 5.58. The van der Waals surface area contributed by atoms with Crippen molar-refractivity contribution in [3.05, 3.63) is 35.2 Å². The predicted octanol–water partition coefficient (Wildman–Crippen LogP) is 2.56. The number of methoxy groups -OCH3 is 1. The van der Waals surface area contributed by atoms with Crippen LogP contribution in [0.2, 0.25) is 0 Å². The fourth-order valence-electron chi connectivity index (χ4n) is 1.89. The molecule has 0 amide bonds. The number of rotatable bonds is 6. The minimum Gasteiger partial charge on any atom is -0.386 e. The second-order valence-electron chi connectivity index (χ2n) is 4.47. The minimum absolute atomic E-state index is 0.249. The smallest absolute Gasteiger partial charge is 0.101 e. The van der Waals surface area contributed by atoms with Gasteiger partial charge >= 0.3 is 0 Å². The fourth-order valence-corrected chi connectivity index (χ4v) is 2.94. The highest BCUT2D eigenvalue weighted by molar-refractivity contribution is 7.19. The molecule has 0 spiro atoms. The second kappa shape index (κ2) is 6.29. The molecule has 1 heterocycles. The predicted molar refractivity (Wildman–Crippen MR) is 76.1 cm³/mol. The largest absolute Gasteiger partial charge is 0.386 e. The normalized spacial score (nSPS) is 14.8. The third-order valence-corrected chi connectivity index (χ3v) is 4.07. The molecule has 0 fully saturated rings. The third kappa shape index (κ3) is 3.29. The Kier molecular flexibility index (Phi) is 4.72. The lowest BCUT2D eigenvalue weighted by Crippen LogP contribution is -2.33. The summed E-state index contributed by atoms with van der Waals surface area (Å²) in [6.45, 7) is 3.25. The zero-order valence-corrected chi connectivity index (χ0v) is 11.5. The number of aliphatic hydroxyl groups is 1. The summed E-state index contributed by atoms with van der Waals surface area (Å²) in [6, 6.07) is 10.5. The van der Waals surface area contributed by atoms with Gasteiger partial charge in [-0.05, 0) is 24.4 Å². The maximum atomic E-state index is 10.1. The van der Waals surface area contributed by atoms with Crippen LogP contribution in [0.15, 0.2) is 30.3 Å². The number of benzene rings is 1. The summed E-state index contributed by atoms with van der Waals surface area (Å²) in [6.07, 6.45) is -0.457. The van der Waals surface area contributed by atoms with E-state index >= 15 is 0 Å². The van der Waals surface area contributed by atoms with Crippen LogP contribution in [0, 0.1) is 0 Å². The Morgan fingerprint density at radius 3 is 2.89 bits per heavy atom. The van der Waals surface area contributed by atoms with E-state index < -0.39 is 6.10 Å². The van der Waals surface area contributed by atoms with E-state index in [1.54, 1.807) is 18.4 Å². The van der Waals surface area contributed by atoms with Crippen LogP contribution in [0.1, 0.15) is 17.9 Å². The SMILES string of the molecule is COC[C@H](C)NC[C@@H](O)c1cc2ccccc2s1. The Morgan fingerprint density at radius 2 is 2.17 bits per heavy atom. The molecule has 1 aromatic carbocycles. The van der Waals surface area contributed by atoms with Crippen LogP contribution in [0.4, 0.5) is 0 Å². The molecule has 18 heavy (non-hydrogen) atoms. The van der Waals surface area contributed by atoms with Crippen molar-refractivity contribution in [1.82, 2.24) is 5.32 Å². The average molecular weight is 265 g/mol. The monoisotopic (exact) mass is 265 g/mol. The number of hydrogen-bond acceptors (Lipinski definition) is 4. The highest BCUT2D eigenvalue weighted by atomic mass is 32.1. The summed E-state index contributed by atoms with van der Waals surface area (Å²) in [4.78, 5) is 1.01. The van der Waals surface area contributed by atoms with Gasteiger partial charge < -0.3 is 15.2 Å². The summed E-state index contributed by atoms with van der Waals surface area (Å²) in [5.41, 5.74) is 0. The van der Waals surface area contributed by atoms with Gasteiger partial charge in [0, 0.05) is 29.3 Å². The van der Waals surface area contributed by atoms with E-state index in [0.717, 1.165) is 4.88 Å². The van der Waals surface area contributed by atoms with E-state index in [1.807, 2.05) is 19.1 Å². The van der Waals surface area contributed by atoms with Crippen molar-refractivity contribution >= 4 is 21.4 Å². The highest BCUT2D eigenvalue weighted by Crippen LogP contribution is 2.29. The van der Waals surface area contributed by atoms with E-state index in [1.165, 1.54) is 10.1 Å². The lowest BCUT2D eigenvalue weighted by Gasteiger charge is -2.15. The van der Waals surface area contributed by atoms with Gasteiger partial charge in [-0.2, -0.15) is 0 Å². The molecule has 0 bridgehead atoms. The highest BCUT2D eigenvalue weighted by Gasteiger charge is 2.12. The van der Waals surface area contributed by atoms with E-state index in [4.69, 9.17) is 4.74 Å². The Labute approximate surface area is 111 Å². The van der Waals surface area contributed by atoms with E-state index in [0.29, 0.717) is 13.2 Å². The third-order valence-electron chi connectivity index (χ3n) is 2.85. The van der Waals surface area contributed by atoms with E-state index in [2.05, 4.69) is 23.5 Å². The first-order valence-electron chi connectivity index (χ1n) is 6.09. The maximum absolute atomic E-state index is 10.1. The lowest BCUT2D eigenvalue weighted by molar-refractivity contribution is 0.145. The van der Waals surface area contributed by atoms with Crippen molar-refractivity contribution in [3.8, 4) is 0 Å². The summed E-state index contributed by atoms with van der Waals surface area (Å²) in [5.74, 6) is 0. The molecule has 0 aliphatic heterocycles. The van der Waals surface area contributed by atoms with Crippen LogP contribution >= 0.6 is 11.3 Å². The van der Waals surface area contributed by atoms with Crippen LogP contribution in [0.3, 0.4) is 0 Å². The Bertz CT molecular complexity index is 464. The van der Waals surface area contributed by atoms with Crippen LogP contribution in [-0.2, 0) is 4.74 Å². The minimum atomic E-state index is -0.457. The standard InChI is InChI=1S/C14H19NO2S/c1-10(9-17-2)15-8-12(16)14-7-11-5-3-4-6-13(11)18-14/h3-7,10,12,15-16H,8-9H2,1-2H3/t10-,12+/m0/s1. The average Bonchev–Trinajstić information content (AvgIpc) is 2.80. The molecule has 0 radical (unpaired) electrons. The first-order valence-corrected chi connectivity index (χ1v) is 6.91. The number of fused-ring (bicyclic) bond motifs is 1. The maximum Gasteiger partial charge on any atom is 0.101 e. The van der Waals surface area contributed by atoms with Crippen LogP contribution < -0.4 is 5.32 Å². The zero-order valence-electron chi connectivity index (χ0n) is 10.7. The quantitative estimate of drug-likeness (QED) is 0.843. The number of thiophene rings is 1. The van der Waals surface area contributed by atoms with Gasteiger partial charge in [0.1, 0.15) is 6.10 Å². The molecule has 0 aliphatic carbocycles. The summed E-state index contributed by atoms with van der Waals surface area (Å²) < 4.78 is 6.27. The molecule has 4 heteroatoms. The molecule has 2 rings (SSSR count). The van der Waals surface area contributed by atoms with Crippen molar-refractivity contribution in [2.24, 2.45) is 0 Å². The van der Waals surface area contributed by atoms with Crippen molar-refractivity contribution in [2.75, 3.05) is 20.3 Å². The van der Waals surface area contributed by atoms with E-state index in [9.17, 15) is 5.11 Å². The number of hydrogen-bond donors (Lipinski definition) is 2. The Hall–Kier alpha value is -0.940. The first kappa shape index (κ1) is 13.5. The number of aliphatic hydroxyl groups excluding tert-OH is 1. The molecule has 98 valence electrons. The van der Waals surface area contributed by atoms with Gasteiger partial charge in [0.05, 0.1) is 6.61 Å². The number of ether oxygens (including phenoxy) is 1. The molecule has 2 N–H and O–H groups in total. The molecule has 0 saturated carbocycles. The number of nitrogens with one attached hydrogen (secondary N) is 1. The van der Waals surface area contributed by atoms with Crippen LogP contribution in [0.25, 0.3) is 10.1 Å². The van der Waals surface area contributed by atoms with Gasteiger partial charge in [-0.15, -0.1) is 11.3 Å². The molecule has 1 aromatic heterocycles. The molecule has 2 aromatic rings. The fraction of sp³-hybridized carbons (Fsp3) is 0.429. The van der Waals surface area contributed by atoms with Gasteiger partial charge in [-0.25, -0.2) is 0 Å². The van der Waals surface area contributed by atoms with Crippen molar-refractivity contribution in [3.63, 3.8) is 0 Å². The molecule has 0 unspecified atom stereocenters.